The van der Waals surface area contributed by atoms with E-state index in [1.807, 2.05) is 11.4 Å². The molecule has 5 nitrogen and oxygen atoms in total. The number of fused-ring (bicyclic) bond motifs is 1. The minimum absolute atomic E-state index is 0.386. The first-order valence-electron chi connectivity index (χ1n) is 4.45. The molecule has 3 rings (SSSR count). The molecular formula is C9H6ClN5S. The molecule has 7 heteroatoms. The van der Waals surface area contributed by atoms with Gasteiger partial charge in [-0.2, -0.15) is 0 Å². The van der Waals surface area contributed by atoms with Gasteiger partial charge < -0.3 is 10.7 Å². The molecule has 0 atom stereocenters. The molecule has 80 valence electrons. The molecular weight excluding hydrogens is 246 g/mol. The smallest absolute Gasteiger partial charge is 0.183 e. The average molecular weight is 252 g/mol. The van der Waals surface area contributed by atoms with Crippen molar-refractivity contribution < 1.29 is 0 Å². The highest BCUT2D eigenvalue weighted by Gasteiger charge is 2.12. The van der Waals surface area contributed by atoms with Gasteiger partial charge in [0.1, 0.15) is 11.8 Å². The summed E-state index contributed by atoms with van der Waals surface area (Å²) in [4.78, 5) is 16.2. The highest BCUT2D eigenvalue weighted by molar-refractivity contribution is 7.14. The number of hydrogen-bond acceptors (Lipinski definition) is 5. The van der Waals surface area contributed by atoms with Gasteiger partial charge in [0.05, 0.1) is 9.90 Å². The predicted octanol–water partition coefficient (Wildman–Crippen LogP) is 2.32. The molecule has 0 fully saturated rings. The normalized spacial score (nSPS) is 11.1. The van der Waals surface area contributed by atoms with Crippen molar-refractivity contribution in [2.45, 2.75) is 0 Å². The first-order chi connectivity index (χ1) is 7.75. The number of nitrogens with two attached hydrogens (primary N) is 1. The van der Waals surface area contributed by atoms with Crippen molar-refractivity contribution in [1.29, 1.82) is 0 Å². The lowest BCUT2D eigenvalue weighted by atomic mass is 10.4. The number of aromatic nitrogens is 4. The molecule has 16 heavy (non-hydrogen) atoms. The van der Waals surface area contributed by atoms with Gasteiger partial charge >= 0.3 is 0 Å². The minimum atomic E-state index is 0.386. The van der Waals surface area contributed by atoms with Gasteiger partial charge in [-0.25, -0.2) is 15.0 Å². The molecule has 3 heterocycles. The molecule has 0 unspecified atom stereocenters. The van der Waals surface area contributed by atoms with Crippen LogP contribution in [-0.2, 0) is 0 Å². The zero-order chi connectivity index (χ0) is 11.1. The Hall–Kier alpha value is -1.66. The number of hydrogen-bond donors (Lipinski definition) is 2. The third kappa shape index (κ3) is 1.35. The Morgan fingerprint density at radius 2 is 2.25 bits per heavy atom. The number of halogens is 1. The molecule has 0 aromatic carbocycles. The minimum Gasteiger partial charge on any atom is -0.382 e. The van der Waals surface area contributed by atoms with Crippen LogP contribution in [0, 0.1) is 0 Å². The Bertz CT molecular complexity index is 659. The molecule has 0 aliphatic carbocycles. The Balaban J connectivity index is 2.27. The fraction of sp³-hybridized carbons (Fsp3) is 0. The van der Waals surface area contributed by atoms with Gasteiger partial charge in [0.2, 0.25) is 0 Å². The number of nitrogen functional groups attached to an aromatic ring is 1. The molecule has 3 aromatic heterocycles. The molecule has 0 amide bonds. The lowest BCUT2D eigenvalue weighted by Crippen LogP contribution is -1.91. The molecule has 0 aliphatic heterocycles. The Morgan fingerprint density at radius 3 is 2.94 bits per heavy atom. The summed E-state index contributed by atoms with van der Waals surface area (Å²) in [5, 5.41) is 2.57. The summed E-state index contributed by atoms with van der Waals surface area (Å²) < 4.78 is 0. The van der Waals surface area contributed by atoms with E-state index in [1.165, 1.54) is 17.7 Å². The summed E-state index contributed by atoms with van der Waals surface area (Å²) in [6.45, 7) is 0. The van der Waals surface area contributed by atoms with Crippen molar-refractivity contribution in [2.24, 2.45) is 0 Å². The van der Waals surface area contributed by atoms with Crippen LogP contribution in [0.15, 0.2) is 17.8 Å². The van der Waals surface area contributed by atoms with Gasteiger partial charge in [0.15, 0.2) is 17.3 Å². The van der Waals surface area contributed by atoms with Crippen LogP contribution in [0.1, 0.15) is 0 Å². The first kappa shape index (κ1) is 9.56. The van der Waals surface area contributed by atoms with Crippen LogP contribution < -0.4 is 5.73 Å². The second kappa shape index (κ2) is 3.43. The van der Waals surface area contributed by atoms with Crippen LogP contribution in [0.2, 0.25) is 5.02 Å². The van der Waals surface area contributed by atoms with E-state index in [2.05, 4.69) is 19.9 Å². The standard InChI is InChI=1S/C9H6ClN5S/c10-4-1-2-16-6(4)9-14-5-7(11)12-3-13-8(5)15-9/h1-3H,(H3,11,12,13,14,15). The number of H-pyrrole nitrogens is 1. The molecule has 0 aliphatic rings. The van der Waals surface area contributed by atoms with Crippen LogP contribution >= 0.6 is 22.9 Å². The van der Waals surface area contributed by atoms with Gasteiger partial charge in [-0.1, -0.05) is 11.6 Å². The molecule has 0 saturated heterocycles. The number of thiophene rings is 1. The predicted molar refractivity (Wildman–Crippen MR) is 64.4 cm³/mol. The van der Waals surface area contributed by atoms with Crippen LogP contribution in [0.5, 0.6) is 0 Å². The SMILES string of the molecule is Nc1ncnc2nc(-c3sccc3Cl)[nH]c12. The molecule has 0 bridgehead atoms. The van der Waals surface area contributed by atoms with Crippen molar-refractivity contribution in [2.75, 3.05) is 5.73 Å². The van der Waals surface area contributed by atoms with E-state index in [0.717, 1.165) is 4.88 Å². The largest absolute Gasteiger partial charge is 0.382 e. The number of nitrogens with one attached hydrogen (secondary N) is 1. The quantitative estimate of drug-likeness (QED) is 0.696. The lowest BCUT2D eigenvalue weighted by Gasteiger charge is -1.91. The second-order valence-corrected chi connectivity index (χ2v) is 4.46. The third-order valence-corrected chi connectivity index (χ3v) is 3.50. The summed E-state index contributed by atoms with van der Waals surface area (Å²) in [6, 6.07) is 1.82. The first-order valence-corrected chi connectivity index (χ1v) is 5.71. The van der Waals surface area contributed by atoms with Crippen LogP contribution in [0.25, 0.3) is 21.9 Å². The van der Waals surface area contributed by atoms with Crippen LogP contribution in [-0.4, -0.2) is 19.9 Å². The van der Waals surface area contributed by atoms with E-state index in [1.54, 1.807) is 0 Å². The van der Waals surface area contributed by atoms with Gasteiger partial charge in [-0.05, 0) is 11.4 Å². The van der Waals surface area contributed by atoms with E-state index in [0.29, 0.717) is 27.8 Å². The summed E-state index contributed by atoms with van der Waals surface area (Å²) in [5.41, 5.74) is 6.90. The topological polar surface area (TPSA) is 80.5 Å². The summed E-state index contributed by atoms with van der Waals surface area (Å²) in [5.74, 6) is 1.05. The fourth-order valence-electron chi connectivity index (χ4n) is 1.42. The van der Waals surface area contributed by atoms with E-state index >= 15 is 0 Å². The summed E-state index contributed by atoms with van der Waals surface area (Å²) in [6.07, 6.45) is 1.39. The van der Waals surface area contributed by atoms with Crippen molar-refractivity contribution in [3.05, 3.63) is 22.8 Å². The Kier molecular flexibility index (Phi) is 2.05. The highest BCUT2D eigenvalue weighted by Crippen LogP contribution is 2.32. The van der Waals surface area contributed by atoms with E-state index < -0.39 is 0 Å². The maximum absolute atomic E-state index is 6.02. The maximum Gasteiger partial charge on any atom is 0.183 e. The van der Waals surface area contributed by atoms with E-state index in [4.69, 9.17) is 17.3 Å². The Morgan fingerprint density at radius 1 is 1.38 bits per heavy atom. The van der Waals surface area contributed by atoms with E-state index in [9.17, 15) is 0 Å². The van der Waals surface area contributed by atoms with E-state index in [-0.39, 0.29) is 0 Å². The zero-order valence-corrected chi connectivity index (χ0v) is 9.51. The summed E-state index contributed by atoms with van der Waals surface area (Å²) in [7, 11) is 0. The lowest BCUT2D eigenvalue weighted by molar-refractivity contribution is 1.21. The third-order valence-electron chi connectivity index (χ3n) is 2.15. The Labute approximate surface area is 99.3 Å². The number of anilines is 1. The molecule has 0 radical (unpaired) electrons. The zero-order valence-electron chi connectivity index (χ0n) is 7.94. The van der Waals surface area contributed by atoms with Crippen molar-refractivity contribution in [3.8, 4) is 10.7 Å². The van der Waals surface area contributed by atoms with Gasteiger partial charge in [-0.3, -0.25) is 0 Å². The molecule has 0 saturated carbocycles. The van der Waals surface area contributed by atoms with Crippen molar-refractivity contribution >= 4 is 39.9 Å². The van der Waals surface area contributed by atoms with Crippen molar-refractivity contribution in [1.82, 2.24) is 19.9 Å². The van der Waals surface area contributed by atoms with Gasteiger partial charge in [-0.15, -0.1) is 11.3 Å². The number of nitrogens with zero attached hydrogens (tertiary/aromatic N) is 3. The maximum atomic E-state index is 6.02. The number of aromatic amines is 1. The monoisotopic (exact) mass is 251 g/mol. The number of imidazole rings is 1. The van der Waals surface area contributed by atoms with Crippen LogP contribution in [0.4, 0.5) is 5.82 Å². The average Bonchev–Trinajstić information content (AvgIpc) is 2.84. The molecule has 3 aromatic rings. The molecule has 0 spiro atoms. The second-order valence-electron chi connectivity index (χ2n) is 3.14. The highest BCUT2D eigenvalue weighted by atomic mass is 35.5. The molecule has 3 N–H and O–H groups in total. The number of rotatable bonds is 1. The fourth-order valence-corrected chi connectivity index (χ4v) is 2.51. The summed E-state index contributed by atoms with van der Waals surface area (Å²) >= 11 is 7.53. The van der Waals surface area contributed by atoms with Gasteiger partial charge in [0, 0.05) is 0 Å². The van der Waals surface area contributed by atoms with Crippen LogP contribution in [0.3, 0.4) is 0 Å². The van der Waals surface area contributed by atoms with Crippen molar-refractivity contribution in [3.63, 3.8) is 0 Å². The van der Waals surface area contributed by atoms with Gasteiger partial charge in [0.25, 0.3) is 0 Å².